The van der Waals surface area contributed by atoms with Gasteiger partial charge in [-0.25, -0.2) is 4.79 Å². The molecular formula is C28H40ClN3O3. The van der Waals surface area contributed by atoms with E-state index in [0.717, 1.165) is 42.4 Å². The van der Waals surface area contributed by atoms with Gasteiger partial charge in [0.05, 0.1) is 5.60 Å². The van der Waals surface area contributed by atoms with E-state index >= 15 is 0 Å². The van der Waals surface area contributed by atoms with Crippen LogP contribution in [-0.4, -0.2) is 62.5 Å². The first kappa shape index (κ1) is 27.5. The van der Waals surface area contributed by atoms with Crippen molar-refractivity contribution in [1.82, 2.24) is 15.5 Å². The van der Waals surface area contributed by atoms with Gasteiger partial charge in [-0.15, -0.1) is 0 Å². The third-order valence-corrected chi connectivity index (χ3v) is 7.31. The van der Waals surface area contributed by atoms with Gasteiger partial charge in [-0.05, 0) is 63.3 Å². The molecule has 6 nitrogen and oxygen atoms in total. The van der Waals surface area contributed by atoms with Gasteiger partial charge in [-0.3, -0.25) is 0 Å². The fourth-order valence-electron chi connectivity index (χ4n) is 5.19. The Labute approximate surface area is 215 Å². The molecule has 0 bridgehead atoms. The van der Waals surface area contributed by atoms with Crippen LogP contribution in [0.1, 0.15) is 44.6 Å². The maximum absolute atomic E-state index is 13.0. The van der Waals surface area contributed by atoms with Crippen molar-refractivity contribution >= 4 is 17.6 Å². The molecule has 1 heterocycles. The van der Waals surface area contributed by atoms with E-state index in [1.165, 1.54) is 0 Å². The molecule has 3 atom stereocenters. The lowest BCUT2D eigenvalue weighted by atomic mass is 9.72. The average molecular weight is 502 g/mol. The number of amides is 2. The fraction of sp³-hybridized carbons (Fsp3) is 0.536. The lowest BCUT2D eigenvalue weighted by Gasteiger charge is -2.44. The molecule has 3 unspecified atom stereocenters. The van der Waals surface area contributed by atoms with Crippen LogP contribution < -0.4 is 10.6 Å². The highest BCUT2D eigenvalue weighted by Crippen LogP contribution is 2.44. The smallest absolute Gasteiger partial charge is 0.317 e. The number of hydrogen-bond donors (Lipinski definition) is 3. The van der Waals surface area contributed by atoms with Crippen LogP contribution in [0, 0.1) is 5.92 Å². The van der Waals surface area contributed by atoms with E-state index < -0.39 is 5.60 Å². The van der Waals surface area contributed by atoms with E-state index in [1.54, 1.807) is 7.11 Å². The Bertz CT molecular complexity index is 957. The predicted octanol–water partition coefficient (Wildman–Crippen LogP) is 5.04. The summed E-state index contributed by atoms with van der Waals surface area (Å²) in [6.45, 7) is 4.56. The Morgan fingerprint density at radius 3 is 2.63 bits per heavy atom. The van der Waals surface area contributed by atoms with Crippen molar-refractivity contribution in [3.05, 3.63) is 59.1 Å². The van der Waals surface area contributed by atoms with E-state index in [0.29, 0.717) is 37.7 Å². The Balaban J connectivity index is 1.93. The molecule has 7 heteroatoms. The Hall–Kier alpha value is -2.12. The van der Waals surface area contributed by atoms with Crippen LogP contribution >= 0.6 is 11.6 Å². The quantitative estimate of drug-likeness (QED) is 0.377. The van der Waals surface area contributed by atoms with E-state index in [-0.39, 0.29) is 18.0 Å². The number of likely N-dealkylation sites (N-methyl/N-ethyl adjacent to an activating group) is 1. The van der Waals surface area contributed by atoms with Crippen LogP contribution in [0.4, 0.5) is 4.79 Å². The molecule has 1 aliphatic heterocycles. The van der Waals surface area contributed by atoms with Gasteiger partial charge in [0, 0.05) is 55.9 Å². The van der Waals surface area contributed by atoms with Crippen LogP contribution in [0.5, 0.6) is 0 Å². The fourth-order valence-corrected chi connectivity index (χ4v) is 5.42. The van der Waals surface area contributed by atoms with Crippen LogP contribution in [0.25, 0.3) is 11.1 Å². The largest absolute Gasteiger partial charge is 0.385 e. The highest BCUT2D eigenvalue weighted by atomic mass is 35.5. The summed E-state index contributed by atoms with van der Waals surface area (Å²) < 4.78 is 5.26. The third kappa shape index (κ3) is 6.98. The van der Waals surface area contributed by atoms with Gasteiger partial charge in [0.2, 0.25) is 0 Å². The van der Waals surface area contributed by atoms with E-state index in [4.69, 9.17) is 16.3 Å². The van der Waals surface area contributed by atoms with Gasteiger partial charge >= 0.3 is 6.03 Å². The first-order valence-corrected chi connectivity index (χ1v) is 13.0. The van der Waals surface area contributed by atoms with Crippen LogP contribution in [0.2, 0.25) is 5.02 Å². The molecule has 192 valence electrons. The number of aliphatic hydroxyl groups is 1. The molecule has 0 saturated carbocycles. The molecule has 0 radical (unpaired) electrons. The predicted molar refractivity (Wildman–Crippen MR) is 143 cm³/mol. The highest BCUT2D eigenvalue weighted by molar-refractivity contribution is 6.33. The number of carbonyl (C=O) groups is 1. The molecule has 2 aromatic carbocycles. The molecule has 1 fully saturated rings. The highest BCUT2D eigenvalue weighted by Gasteiger charge is 2.42. The number of nitrogens with zero attached hydrogens (tertiary/aromatic N) is 1. The van der Waals surface area contributed by atoms with Crippen molar-refractivity contribution in [2.45, 2.75) is 50.7 Å². The molecule has 0 spiro atoms. The number of methoxy groups -OCH3 is 1. The molecule has 1 saturated heterocycles. The normalized spacial score (nSPS) is 18.7. The summed E-state index contributed by atoms with van der Waals surface area (Å²) in [5.41, 5.74) is 1.63. The number of unbranched alkanes of at least 4 members (excludes halogenated alkanes) is 1. The molecule has 3 rings (SSSR count). The molecule has 2 aromatic rings. The zero-order valence-corrected chi connectivity index (χ0v) is 22.0. The van der Waals surface area contributed by atoms with Crippen LogP contribution in [0.15, 0.2) is 48.5 Å². The van der Waals surface area contributed by atoms with Crippen molar-refractivity contribution in [2.75, 3.05) is 40.4 Å². The number of ether oxygens (including phenoxy) is 1. The van der Waals surface area contributed by atoms with Gasteiger partial charge < -0.3 is 25.4 Å². The molecular weight excluding hydrogens is 462 g/mol. The Kier molecular flexibility index (Phi) is 10.4. The number of halogens is 1. The number of urea groups is 1. The summed E-state index contributed by atoms with van der Waals surface area (Å²) in [6, 6.07) is 15.7. The second-order valence-corrected chi connectivity index (χ2v) is 10.0. The summed E-state index contributed by atoms with van der Waals surface area (Å²) in [5, 5.41) is 19.3. The maximum atomic E-state index is 13.0. The SMILES string of the molecule is CNCC(C)NC(=O)N1CCCC(C(O)(CCCCOC)c2ccccc2-c2ccccc2Cl)C1. The number of likely N-dealkylation sites (tertiary alicyclic amines) is 1. The van der Waals surface area contributed by atoms with Gasteiger partial charge in [-0.2, -0.15) is 0 Å². The van der Waals surface area contributed by atoms with E-state index in [1.807, 2.05) is 67.4 Å². The summed E-state index contributed by atoms with van der Waals surface area (Å²) in [6.07, 6.45) is 3.99. The minimum absolute atomic E-state index is 0.0294. The minimum Gasteiger partial charge on any atom is -0.385 e. The standard InChI is InChI=1S/C28H40ClN3O3/c1-21(19-30-2)31-27(33)32-17-10-11-22(20-32)28(34,16-8-9-18-35-3)25-14-6-4-12-23(25)24-13-5-7-15-26(24)29/h4-7,12-15,21-22,30,34H,8-11,16-20H2,1-3H3,(H,31,33). The number of nitrogens with one attached hydrogen (secondary N) is 2. The zero-order valence-electron chi connectivity index (χ0n) is 21.2. The van der Waals surface area contributed by atoms with Crippen molar-refractivity contribution in [3.63, 3.8) is 0 Å². The van der Waals surface area contributed by atoms with Gasteiger partial charge in [0.15, 0.2) is 0 Å². The third-order valence-electron chi connectivity index (χ3n) is 6.98. The lowest BCUT2D eigenvalue weighted by Crippen LogP contribution is -2.53. The zero-order chi connectivity index (χ0) is 25.3. The van der Waals surface area contributed by atoms with Crippen molar-refractivity contribution in [1.29, 1.82) is 0 Å². The van der Waals surface area contributed by atoms with Gasteiger partial charge in [0.1, 0.15) is 0 Å². The van der Waals surface area contributed by atoms with Crippen molar-refractivity contribution < 1.29 is 14.6 Å². The van der Waals surface area contributed by atoms with Crippen molar-refractivity contribution in [3.8, 4) is 11.1 Å². The number of hydrogen-bond acceptors (Lipinski definition) is 4. The van der Waals surface area contributed by atoms with E-state index in [2.05, 4.69) is 10.6 Å². The monoisotopic (exact) mass is 501 g/mol. The molecule has 0 aliphatic carbocycles. The number of piperidine rings is 1. The molecule has 2 amide bonds. The first-order chi connectivity index (χ1) is 16.9. The molecule has 1 aliphatic rings. The minimum atomic E-state index is -1.10. The molecule has 35 heavy (non-hydrogen) atoms. The summed E-state index contributed by atoms with van der Waals surface area (Å²) in [4.78, 5) is 14.9. The Morgan fingerprint density at radius 1 is 1.20 bits per heavy atom. The molecule has 0 aromatic heterocycles. The van der Waals surface area contributed by atoms with Crippen molar-refractivity contribution in [2.24, 2.45) is 5.92 Å². The average Bonchev–Trinajstić information content (AvgIpc) is 2.87. The summed E-state index contributed by atoms with van der Waals surface area (Å²) >= 11 is 6.59. The maximum Gasteiger partial charge on any atom is 0.317 e. The van der Waals surface area contributed by atoms with Gasteiger partial charge in [-0.1, -0.05) is 54.1 Å². The lowest BCUT2D eigenvalue weighted by molar-refractivity contribution is -0.0559. The van der Waals surface area contributed by atoms with Crippen LogP contribution in [-0.2, 0) is 10.3 Å². The summed E-state index contributed by atoms with van der Waals surface area (Å²) in [5.74, 6) is -0.0900. The van der Waals surface area contributed by atoms with E-state index in [9.17, 15) is 9.90 Å². The summed E-state index contributed by atoms with van der Waals surface area (Å²) in [7, 11) is 3.57. The second kappa shape index (κ2) is 13.3. The number of rotatable bonds is 11. The second-order valence-electron chi connectivity index (χ2n) is 9.59. The number of benzene rings is 2. The van der Waals surface area contributed by atoms with Gasteiger partial charge in [0.25, 0.3) is 0 Å². The first-order valence-electron chi connectivity index (χ1n) is 12.7. The Morgan fingerprint density at radius 2 is 1.91 bits per heavy atom. The topological polar surface area (TPSA) is 73.8 Å². The molecule has 3 N–H and O–H groups in total. The number of carbonyl (C=O) groups excluding carboxylic acids is 1. The van der Waals surface area contributed by atoms with Crippen LogP contribution in [0.3, 0.4) is 0 Å².